The Morgan fingerprint density at radius 3 is 2.73 bits per heavy atom. The van der Waals surface area contributed by atoms with Crippen LogP contribution in [0.2, 0.25) is 0 Å². The van der Waals surface area contributed by atoms with Crippen molar-refractivity contribution in [2.75, 3.05) is 46.9 Å². The number of allylic oxidation sites excluding steroid dienone is 2. The topological polar surface area (TPSA) is 24.5 Å². The Labute approximate surface area is 93.5 Å². The minimum atomic E-state index is 0.802. The van der Waals surface area contributed by atoms with Crippen molar-refractivity contribution in [1.82, 2.24) is 10.2 Å². The van der Waals surface area contributed by atoms with Crippen molar-refractivity contribution >= 4 is 0 Å². The van der Waals surface area contributed by atoms with Gasteiger partial charge in [0.15, 0.2) is 0 Å². The van der Waals surface area contributed by atoms with Gasteiger partial charge in [0, 0.05) is 33.3 Å². The highest BCUT2D eigenvalue weighted by Crippen LogP contribution is 2.17. The highest BCUT2D eigenvalue weighted by molar-refractivity contribution is 4.94. The number of nitrogens with one attached hydrogen (secondary N) is 1. The fourth-order valence-corrected chi connectivity index (χ4v) is 1.92. The smallest absolute Gasteiger partial charge is 0.0587 e. The average molecular weight is 212 g/mol. The first-order chi connectivity index (χ1) is 7.33. The van der Waals surface area contributed by atoms with Gasteiger partial charge >= 0.3 is 0 Å². The van der Waals surface area contributed by atoms with Crippen molar-refractivity contribution in [3.8, 4) is 0 Å². The van der Waals surface area contributed by atoms with Crippen LogP contribution in [0, 0.1) is 5.92 Å². The summed E-state index contributed by atoms with van der Waals surface area (Å²) >= 11 is 0. The summed E-state index contributed by atoms with van der Waals surface area (Å²) in [5.74, 6) is 0.856. The quantitative estimate of drug-likeness (QED) is 0.482. The van der Waals surface area contributed by atoms with Gasteiger partial charge in [0.1, 0.15) is 0 Å². The van der Waals surface area contributed by atoms with Crippen LogP contribution in [-0.4, -0.2) is 51.8 Å². The standard InChI is InChI=1S/C12H24N2O/c1-14(9-7-13-8-10-15-2)11-12-5-3-4-6-12/h3-4,12-13H,5-11H2,1-2H3. The van der Waals surface area contributed by atoms with Crippen molar-refractivity contribution in [2.24, 2.45) is 5.92 Å². The number of nitrogens with zero attached hydrogens (tertiary/aromatic N) is 1. The molecule has 0 aliphatic heterocycles. The van der Waals surface area contributed by atoms with E-state index in [4.69, 9.17) is 4.74 Å². The average Bonchev–Trinajstić information content (AvgIpc) is 2.70. The second-order valence-electron chi connectivity index (χ2n) is 4.31. The Bertz CT molecular complexity index is 174. The van der Waals surface area contributed by atoms with E-state index in [9.17, 15) is 0 Å². The van der Waals surface area contributed by atoms with Gasteiger partial charge in [0.25, 0.3) is 0 Å². The lowest BCUT2D eigenvalue weighted by molar-refractivity contribution is 0.197. The highest BCUT2D eigenvalue weighted by atomic mass is 16.5. The van der Waals surface area contributed by atoms with Crippen LogP contribution in [0.5, 0.6) is 0 Å². The molecule has 0 bridgehead atoms. The second-order valence-corrected chi connectivity index (χ2v) is 4.31. The van der Waals surface area contributed by atoms with Crippen molar-refractivity contribution in [3.63, 3.8) is 0 Å². The molecule has 0 fully saturated rings. The molecule has 1 aliphatic carbocycles. The molecule has 3 nitrogen and oxygen atoms in total. The lowest BCUT2D eigenvalue weighted by Crippen LogP contribution is -2.33. The Morgan fingerprint density at radius 1 is 1.33 bits per heavy atom. The van der Waals surface area contributed by atoms with E-state index in [2.05, 4.69) is 29.4 Å². The summed E-state index contributed by atoms with van der Waals surface area (Å²) in [7, 11) is 3.94. The minimum absolute atomic E-state index is 0.802. The monoisotopic (exact) mass is 212 g/mol. The SMILES string of the molecule is COCCNCCN(C)CC1CC=CC1. The molecule has 0 spiro atoms. The third-order valence-electron chi connectivity index (χ3n) is 2.83. The van der Waals surface area contributed by atoms with Gasteiger partial charge in [-0.05, 0) is 25.8 Å². The highest BCUT2D eigenvalue weighted by Gasteiger charge is 2.11. The molecule has 0 aromatic heterocycles. The van der Waals surface area contributed by atoms with Crippen LogP contribution in [0.15, 0.2) is 12.2 Å². The molecule has 0 unspecified atom stereocenters. The van der Waals surface area contributed by atoms with Crippen molar-refractivity contribution in [3.05, 3.63) is 12.2 Å². The molecule has 0 aromatic carbocycles. The lowest BCUT2D eigenvalue weighted by atomic mass is 10.1. The number of hydrogen-bond donors (Lipinski definition) is 1. The summed E-state index contributed by atoms with van der Waals surface area (Å²) in [5.41, 5.74) is 0. The Morgan fingerprint density at radius 2 is 2.07 bits per heavy atom. The van der Waals surface area contributed by atoms with E-state index in [1.54, 1.807) is 7.11 Å². The molecule has 1 N–H and O–H groups in total. The first kappa shape index (κ1) is 12.7. The van der Waals surface area contributed by atoms with Gasteiger partial charge < -0.3 is 15.0 Å². The Hall–Kier alpha value is -0.380. The fourth-order valence-electron chi connectivity index (χ4n) is 1.92. The zero-order valence-electron chi connectivity index (χ0n) is 10.0. The number of methoxy groups -OCH3 is 1. The normalized spacial score (nSPS) is 16.7. The van der Waals surface area contributed by atoms with Crippen LogP contribution in [0.3, 0.4) is 0 Å². The van der Waals surface area contributed by atoms with Gasteiger partial charge in [0.05, 0.1) is 6.61 Å². The zero-order chi connectivity index (χ0) is 10.9. The van der Waals surface area contributed by atoms with Crippen LogP contribution in [0.4, 0.5) is 0 Å². The summed E-state index contributed by atoms with van der Waals surface area (Å²) in [6, 6.07) is 0. The van der Waals surface area contributed by atoms with E-state index in [0.29, 0.717) is 0 Å². The van der Waals surface area contributed by atoms with Gasteiger partial charge in [-0.25, -0.2) is 0 Å². The summed E-state index contributed by atoms with van der Waals surface area (Å²) in [6.07, 6.45) is 7.13. The maximum Gasteiger partial charge on any atom is 0.0587 e. The van der Waals surface area contributed by atoms with E-state index < -0.39 is 0 Å². The summed E-state index contributed by atoms with van der Waals surface area (Å²) in [4.78, 5) is 2.41. The van der Waals surface area contributed by atoms with Crippen LogP contribution < -0.4 is 5.32 Å². The van der Waals surface area contributed by atoms with Gasteiger partial charge in [-0.3, -0.25) is 0 Å². The molecule has 0 radical (unpaired) electrons. The van der Waals surface area contributed by atoms with Gasteiger partial charge in [0.2, 0.25) is 0 Å². The number of ether oxygens (including phenoxy) is 1. The van der Waals surface area contributed by atoms with Gasteiger partial charge in [-0.1, -0.05) is 12.2 Å². The number of likely N-dealkylation sites (N-methyl/N-ethyl adjacent to an activating group) is 1. The van der Waals surface area contributed by atoms with E-state index in [1.807, 2.05) is 0 Å². The predicted molar refractivity (Wildman–Crippen MR) is 64.1 cm³/mol. The Balaban J connectivity index is 1.91. The molecule has 0 heterocycles. The van der Waals surface area contributed by atoms with E-state index in [1.165, 1.54) is 19.4 Å². The number of hydrogen-bond acceptors (Lipinski definition) is 3. The molecule has 1 rings (SSSR count). The lowest BCUT2D eigenvalue weighted by Gasteiger charge is -2.20. The first-order valence-electron chi connectivity index (χ1n) is 5.86. The molecule has 0 aromatic rings. The van der Waals surface area contributed by atoms with Crippen LogP contribution >= 0.6 is 0 Å². The van der Waals surface area contributed by atoms with Crippen molar-refractivity contribution in [1.29, 1.82) is 0 Å². The van der Waals surface area contributed by atoms with E-state index >= 15 is 0 Å². The predicted octanol–water partition coefficient (Wildman–Crippen LogP) is 1.12. The maximum absolute atomic E-state index is 4.97. The van der Waals surface area contributed by atoms with E-state index in [0.717, 1.165) is 32.2 Å². The minimum Gasteiger partial charge on any atom is -0.383 e. The van der Waals surface area contributed by atoms with Gasteiger partial charge in [-0.15, -0.1) is 0 Å². The molecule has 0 atom stereocenters. The molecule has 0 saturated carbocycles. The van der Waals surface area contributed by atoms with E-state index in [-0.39, 0.29) is 0 Å². The molecule has 3 heteroatoms. The molecule has 88 valence electrons. The summed E-state index contributed by atoms with van der Waals surface area (Å²) in [6.45, 7) is 5.16. The molecule has 0 amide bonds. The molecule has 0 saturated heterocycles. The van der Waals surface area contributed by atoms with Crippen LogP contribution in [0.25, 0.3) is 0 Å². The second kappa shape index (κ2) is 7.85. The third-order valence-corrected chi connectivity index (χ3v) is 2.83. The summed E-state index contributed by atoms with van der Waals surface area (Å²) < 4.78 is 4.97. The first-order valence-corrected chi connectivity index (χ1v) is 5.86. The Kier molecular flexibility index (Phi) is 6.64. The molecule has 1 aliphatic rings. The fraction of sp³-hybridized carbons (Fsp3) is 0.833. The molecule has 15 heavy (non-hydrogen) atoms. The van der Waals surface area contributed by atoms with Gasteiger partial charge in [-0.2, -0.15) is 0 Å². The van der Waals surface area contributed by atoms with Crippen LogP contribution in [0.1, 0.15) is 12.8 Å². The number of rotatable bonds is 8. The summed E-state index contributed by atoms with van der Waals surface area (Å²) in [5, 5.41) is 3.36. The molecular weight excluding hydrogens is 188 g/mol. The largest absolute Gasteiger partial charge is 0.383 e. The maximum atomic E-state index is 4.97. The molecular formula is C12H24N2O. The van der Waals surface area contributed by atoms with Crippen molar-refractivity contribution in [2.45, 2.75) is 12.8 Å². The van der Waals surface area contributed by atoms with Crippen molar-refractivity contribution < 1.29 is 4.74 Å². The van der Waals surface area contributed by atoms with Crippen LogP contribution in [-0.2, 0) is 4.74 Å². The third kappa shape index (κ3) is 5.92. The zero-order valence-corrected chi connectivity index (χ0v) is 10.0.